The van der Waals surface area contributed by atoms with Crippen LogP contribution in [0.3, 0.4) is 0 Å². The van der Waals surface area contributed by atoms with Gasteiger partial charge in [0.2, 0.25) is 0 Å². The van der Waals surface area contributed by atoms with Crippen molar-refractivity contribution in [1.82, 2.24) is 4.98 Å². The number of nitriles is 1. The molecule has 0 radical (unpaired) electrons. The summed E-state index contributed by atoms with van der Waals surface area (Å²) in [5, 5.41) is 9.50. The molecule has 2 fully saturated rings. The molecule has 1 aromatic carbocycles. The maximum Gasteiger partial charge on any atom is 0.128 e. The maximum atomic E-state index is 9.50. The third-order valence-electron chi connectivity index (χ3n) is 5.42. The molecule has 2 atom stereocenters. The standard InChI is InChI=1S/C20H22N4/c1-15-5-6-17(13-21)18(12-15)24-11-8-16-7-10-23(14-19(16)24)20-4-2-3-9-22-20/h2-6,9,12,16,19H,7-8,10-11,14H2,1H3. The highest BCUT2D eigenvalue weighted by molar-refractivity contribution is 5.62. The third-order valence-corrected chi connectivity index (χ3v) is 5.42. The summed E-state index contributed by atoms with van der Waals surface area (Å²) in [5.74, 6) is 1.78. The number of pyridine rings is 1. The van der Waals surface area contributed by atoms with Crippen molar-refractivity contribution >= 4 is 11.5 Å². The first-order valence-corrected chi connectivity index (χ1v) is 8.69. The van der Waals surface area contributed by atoms with Crippen LogP contribution in [0.15, 0.2) is 42.6 Å². The zero-order chi connectivity index (χ0) is 16.5. The van der Waals surface area contributed by atoms with Crippen LogP contribution in [0, 0.1) is 24.2 Å². The average molecular weight is 318 g/mol. The molecule has 4 rings (SSSR count). The molecule has 0 N–H and O–H groups in total. The van der Waals surface area contributed by atoms with Gasteiger partial charge < -0.3 is 9.80 Å². The summed E-state index contributed by atoms with van der Waals surface area (Å²) in [6.45, 7) is 5.20. The summed E-state index contributed by atoms with van der Waals surface area (Å²) in [5.41, 5.74) is 3.11. The lowest BCUT2D eigenvalue weighted by molar-refractivity contribution is 0.389. The Morgan fingerprint density at radius 2 is 2.04 bits per heavy atom. The van der Waals surface area contributed by atoms with Crippen LogP contribution in [0.25, 0.3) is 0 Å². The topological polar surface area (TPSA) is 43.2 Å². The van der Waals surface area contributed by atoms with Gasteiger partial charge in [0.05, 0.1) is 11.3 Å². The van der Waals surface area contributed by atoms with E-state index in [9.17, 15) is 5.26 Å². The van der Waals surface area contributed by atoms with Crippen molar-refractivity contribution in [2.24, 2.45) is 5.92 Å². The van der Waals surface area contributed by atoms with Gasteiger partial charge in [-0.3, -0.25) is 0 Å². The van der Waals surface area contributed by atoms with Crippen LogP contribution < -0.4 is 9.80 Å². The molecule has 2 unspecified atom stereocenters. The fraction of sp³-hybridized carbons (Fsp3) is 0.400. The molecule has 1 aromatic heterocycles. The van der Waals surface area contributed by atoms with E-state index in [1.165, 1.54) is 18.4 Å². The van der Waals surface area contributed by atoms with E-state index in [-0.39, 0.29) is 0 Å². The first-order valence-electron chi connectivity index (χ1n) is 8.69. The number of anilines is 2. The number of piperidine rings is 1. The number of rotatable bonds is 2. The number of fused-ring (bicyclic) bond motifs is 1. The van der Waals surface area contributed by atoms with Crippen molar-refractivity contribution in [1.29, 1.82) is 5.26 Å². The van der Waals surface area contributed by atoms with Gasteiger partial charge in [-0.2, -0.15) is 5.26 Å². The van der Waals surface area contributed by atoms with Gasteiger partial charge in [-0.1, -0.05) is 12.1 Å². The van der Waals surface area contributed by atoms with Gasteiger partial charge in [0, 0.05) is 31.9 Å². The largest absolute Gasteiger partial charge is 0.365 e. The molecule has 0 bridgehead atoms. The van der Waals surface area contributed by atoms with Crippen LogP contribution in [-0.4, -0.2) is 30.7 Å². The molecular weight excluding hydrogens is 296 g/mol. The second kappa shape index (κ2) is 6.16. The molecule has 2 aliphatic rings. The molecule has 122 valence electrons. The Morgan fingerprint density at radius 1 is 1.17 bits per heavy atom. The molecule has 4 heteroatoms. The number of aryl methyl sites for hydroxylation is 1. The van der Waals surface area contributed by atoms with Crippen LogP contribution in [0.1, 0.15) is 24.0 Å². The Morgan fingerprint density at radius 3 is 2.83 bits per heavy atom. The second-order valence-electron chi connectivity index (χ2n) is 6.86. The second-order valence-corrected chi connectivity index (χ2v) is 6.86. The Labute approximate surface area is 143 Å². The first-order chi connectivity index (χ1) is 11.8. The fourth-order valence-corrected chi connectivity index (χ4v) is 4.16. The van der Waals surface area contributed by atoms with E-state index in [2.05, 4.69) is 46.0 Å². The van der Waals surface area contributed by atoms with Gasteiger partial charge in [0.15, 0.2) is 0 Å². The molecule has 24 heavy (non-hydrogen) atoms. The van der Waals surface area contributed by atoms with Crippen LogP contribution in [0.4, 0.5) is 11.5 Å². The smallest absolute Gasteiger partial charge is 0.128 e. The van der Waals surface area contributed by atoms with Crippen LogP contribution in [0.5, 0.6) is 0 Å². The summed E-state index contributed by atoms with van der Waals surface area (Å²) in [4.78, 5) is 9.37. The zero-order valence-corrected chi connectivity index (χ0v) is 14.0. The van der Waals surface area contributed by atoms with E-state index in [4.69, 9.17) is 0 Å². The van der Waals surface area contributed by atoms with Crippen molar-refractivity contribution in [3.8, 4) is 6.07 Å². The molecule has 0 aliphatic carbocycles. The molecule has 0 amide bonds. The first kappa shape index (κ1) is 15.0. The summed E-state index contributed by atoms with van der Waals surface area (Å²) in [6.07, 6.45) is 4.28. The van der Waals surface area contributed by atoms with Gasteiger partial charge >= 0.3 is 0 Å². The van der Waals surface area contributed by atoms with Crippen LogP contribution in [0.2, 0.25) is 0 Å². The molecule has 0 spiro atoms. The fourth-order valence-electron chi connectivity index (χ4n) is 4.16. The van der Waals surface area contributed by atoms with Gasteiger partial charge in [0.1, 0.15) is 11.9 Å². The minimum Gasteiger partial charge on any atom is -0.365 e. The predicted molar refractivity (Wildman–Crippen MR) is 96.2 cm³/mol. The molecule has 2 aliphatic heterocycles. The molecule has 3 heterocycles. The highest BCUT2D eigenvalue weighted by atomic mass is 15.3. The van der Waals surface area contributed by atoms with E-state index in [0.717, 1.165) is 42.6 Å². The summed E-state index contributed by atoms with van der Waals surface area (Å²) < 4.78 is 0. The quantitative estimate of drug-likeness (QED) is 0.851. The lowest BCUT2D eigenvalue weighted by Crippen LogP contribution is -2.48. The molecule has 2 saturated heterocycles. The Kier molecular flexibility index (Phi) is 3.86. The lowest BCUT2D eigenvalue weighted by atomic mass is 9.92. The molecule has 2 aromatic rings. The van der Waals surface area contributed by atoms with E-state index in [1.54, 1.807) is 0 Å². The van der Waals surface area contributed by atoms with E-state index < -0.39 is 0 Å². The Balaban J connectivity index is 1.63. The minimum absolute atomic E-state index is 0.467. The highest BCUT2D eigenvalue weighted by Crippen LogP contribution is 2.37. The van der Waals surface area contributed by atoms with Crippen molar-refractivity contribution < 1.29 is 0 Å². The number of nitrogens with zero attached hydrogens (tertiary/aromatic N) is 4. The summed E-state index contributed by atoms with van der Waals surface area (Å²) in [6, 6.07) is 15.1. The molecule has 0 saturated carbocycles. The van der Waals surface area contributed by atoms with Crippen molar-refractivity contribution in [2.45, 2.75) is 25.8 Å². The summed E-state index contributed by atoms with van der Waals surface area (Å²) in [7, 11) is 0. The van der Waals surface area contributed by atoms with Crippen molar-refractivity contribution in [3.63, 3.8) is 0 Å². The van der Waals surface area contributed by atoms with Crippen molar-refractivity contribution in [3.05, 3.63) is 53.7 Å². The minimum atomic E-state index is 0.467. The number of hydrogen-bond donors (Lipinski definition) is 0. The Hall–Kier alpha value is -2.54. The summed E-state index contributed by atoms with van der Waals surface area (Å²) >= 11 is 0. The highest BCUT2D eigenvalue weighted by Gasteiger charge is 2.39. The zero-order valence-electron chi connectivity index (χ0n) is 14.0. The number of benzene rings is 1. The Bertz CT molecular complexity index is 765. The lowest BCUT2D eigenvalue weighted by Gasteiger charge is -2.40. The van der Waals surface area contributed by atoms with E-state index in [1.807, 2.05) is 24.4 Å². The monoisotopic (exact) mass is 318 g/mol. The average Bonchev–Trinajstić information content (AvgIpc) is 3.05. The predicted octanol–water partition coefficient (Wildman–Crippen LogP) is 3.37. The number of hydrogen-bond acceptors (Lipinski definition) is 4. The molecule has 4 nitrogen and oxygen atoms in total. The SMILES string of the molecule is Cc1ccc(C#N)c(N2CCC3CCN(c4ccccn4)CC32)c1. The van der Waals surface area contributed by atoms with Crippen LogP contribution in [-0.2, 0) is 0 Å². The number of aromatic nitrogens is 1. The van der Waals surface area contributed by atoms with Gasteiger partial charge in [-0.05, 0) is 55.5 Å². The van der Waals surface area contributed by atoms with Gasteiger partial charge in [-0.15, -0.1) is 0 Å². The maximum absolute atomic E-state index is 9.50. The third kappa shape index (κ3) is 2.60. The van der Waals surface area contributed by atoms with E-state index >= 15 is 0 Å². The van der Waals surface area contributed by atoms with Gasteiger partial charge in [-0.25, -0.2) is 4.98 Å². The normalized spacial score (nSPS) is 23.0. The molecular formula is C20H22N4. The van der Waals surface area contributed by atoms with Crippen molar-refractivity contribution in [2.75, 3.05) is 29.4 Å². The van der Waals surface area contributed by atoms with E-state index in [0.29, 0.717) is 6.04 Å². The van der Waals surface area contributed by atoms with Gasteiger partial charge in [0.25, 0.3) is 0 Å². The van der Waals surface area contributed by atoms with Crippen LogP contribution >= 0.6 is 0 Å².